The molecule has 1 aliphatic rings. The molecule has 0 unspecified atom stereocenters. The van der Waals surface area contributed by atoms with Crippen molar-refractivity contribution in [3.05, 3.63) is 0 Å². The third kappa shape index (κ3) is 6.19. The highest BCUT2D eigenvalue weighted by atomic mass is 16.7. The quantitative estimate of drug-likeness (QED) is 0.481. The van der Waals surface area contributed by atoms with Crippen LogP contribution in [0.4, 0.5) is 0 Å². The van der Waals surface area contributed by atoms with E-state index in [4.69, 9.17) is 9.47 Å². The summed E-state index contributed by atoms with van der Waals surface area (Å²) in [6, 6.07) is 0. The largest absolute Gasteiger partial charge is 0.348 e. The summed E-state index contributed by atoms with van der Waals surface area (Å²) in [7, 11) is 0. The van der Waals surface area contributed by atoms with Crippen molar-refractivity contribution >= 4 is 0 Å². The molecule has 0 aliphatic carbocycles. The van der Waals surface area contributed by atoms with E-state index in [9.17, 15) is 0 Å². The van der Waals surface area contributed by atoms with E-state index in [-0.39, 0.29) is 5.79 Å². The van der Waals surface area contributed by atoms with Crippen LogP contribution in [0, 0.1) is 0 Å². The third-order valence-corrected chi connectivity index (χ3v) is 3.86. The molecule has 0 aromatic heterocycles. The van der Waals surface area contributed by atoms with E-state index in [0.717, 1.165) is 32.5 Å². The zero-order valence-electron chi connectivity index (χ0n) is 12.5. The van der Waals surface area contributed by atoms with Gasteiger partial charge in [0.2, 0.25) is 0 Å². The first-order valence-corrected chi connectivity index (χ1v) is 8.11. The van der Waals surface area contributed by atoms with Crippen LogP contribution in [0.15, 0.2) is 0 Å². The van der Waals surface area contributed by atoms with E-state index in [2.05, 4.69) is 13.8 Å². The summed E-state index contributed by atoms with van der Waals surface area (Å²) >= 11 is 0. The Kier molecular flexibility index (Phi) is 8.70. The van der Waals surface area contributed by atoms with Crippen LogP contribution < -0.4 is 0 Å². The van der Waals surface area contributed by atoms with Gasteiger partial charge in [0.25, 0.3) is 0 Å². The fourth-order valence-corrected chi connectivity index (χ4v) is 2.82. The van der Waals surface area contributed by atoms with Gasteiger partial charge in [-0.15, -0.1) is 0 Å². The van der Waals surface area contributed by atoms with Gasteiger partial charge in [-0.05, 0) is 6.42 Å². The minimum absolute atomic E-state index is 0.211. The maximum Gasteiger partial charge on any atom is 0.168 e. The molecule has 1 saturated heterocycles. The standard InChI is InChI=1S/C16H32O2/c1-3-5-6-7-8-9-10-11-13-16(12-4-2)17-14-15-18-16/h3-15H2,1-2H3. The molecule has 2 nitrogen and oxygen atoms in total. The Morgan fingerprint density at radius 2 is 1.22 bits per heavy atom. The highest BCUT2D eigenvalue weighted by molar-refractivity contribution is 4.73. The molecule has 0 aromatic rings. The van der Waals surface area contributed by atoms with Gasteiger partial charge in [0.15, 0.2) is 5.79 Å². The molecule has 1 rings (SSSR count). The summed E-state index contributed by atoms with van der Waals surface area (Å²) in [5, 5.41) is 0. The van der Waals surface area contributed by atoms with Crippen LogP contribution >= 0.6 is 0 Å². The molecule has 0 N–H and O–H groups in total. The predicted octanol–water partition coefficient (Wildman–Crippen LogP) is 5.06. The first-order chi connectivity index (χ1) is 8.83. The lowest BCUT2D eigenvalue weighted by molar-refractivity contribution is -0.167. The highest BCUT2D eigenvalue weighted by Crippen LogP contribution is 2.30. The van der Waals surface area contributed by atoms with Crippen LogP contribution in [0.1, 0.15) is 84.5 Å². The molecule has 1 aliphatic heterocycles. The second kappa shape index (κ2) is 9.80. The molecule has 1 heterocycles. The molecule has 0 atom stereocenters. The van der Waals surface area contributed by atoms with Crippen LogP contribution in [0.25, 0.3) is 0 Å². The lowest BCUT2D eigenvalue weighted by Crippen LogP contribution is -2.29. The summed E-state index contributed by atoms with van der Waals surface area (Å²) in [6.45, 7) is 6.06. The van der Waals surface area contributed by atoms with E-state index in [1.165, 1.54) is 51.4 Å². The van der Waals surface area contributed by atoms with Gasteiger partial charge in [0, 0.05) is 12.8 Å². The van der Waals surface area contributed by atoms with Crippen molar-refractivity contribution in [2.24, 2.45) is 0 Å². The number of unbranched alkanes of at least 4 members (excludes halogenated alkanes) is 7. The Balaban J connectivity index is 1.98. The monoisotopic (exact) mass is 256 g/mol. The average molecular weight is 256 g/mol. The van der Waals surface area contributed by atoms with Gasteiger partial charge >= 0.3 is 0 Å². The molecular formula is C16H32O2. The van der Waals surface area contributed by atoms with Crippen LogP contribution in [0.2, 0.25) is 0 Å². The molecule has 0 aromatic carbocycles. The molecule has 0 amide bonds. The topological polar surface area (TPSA) is 18.5 Å². The Hall–Kier alpha value is -0.0800. The van der Waals surface area contributed by atoms with Crippen molar-refractivity contribution in [1.29, 1.82) is 0 Å². The van der Waals surface area contributed by atoms with E-state index >= 15 is 0 Å². The number of rotatable bonds is 11. The van der Waals surface area contributed by atoms with Crippen molar-refractivity contribution in [1.82, 2.24) is 0 Å². The Morgan fingerprint density at radius 3 is 1.78 bits per heavy atom. The molecule has 2 heteroatoms. The van der Waals surface area contributed by atoms with Crippen molar-refractivity contribution in [2.75, 3.05) is 13.2 Å². The summed E-state index contributed by atoms with van der Waals surface area (Å²) in [4.78, 5) is 0. The summed E-state index contributed by atoms with van der Waals surface area (Å²) in [6.07, 6.45) is 14.3. The van der Waals surface area contributed by atoms with E-state index < -0.39 is 0 Å². The molecule has 18 heavy (non-hydrogen) atoms. The van der Waals surface area contributed by atoms with E-state index in [1.54, 1.807) is 0 Å². The number of hydrogen-bond donors (Lipinski definition) is 0. The van der Waals surface area contributed by atoms with Gasteiger partial charge < -0.3 is 9.47 Å². The van der Waals surface area contributed by atoms with Gasteiger partial charge in [-0.3, -0.25) is 0 Å². The molecular weight excluding hydrogens is 224 g/mol. The maximum atomic E-state index is 5.82. The van der Waals surface area contributed by atoms with Crippen LogP contribution in [0.3, 0.4) is 0 Å². The minimum Gasteiger partial charge on any atom is -0.348 e. The maximum absolute atomic E-state index is 5.82. The molecule has 0 radical (unpaired) electrons. The van der Waals surface area contributed by atoms with Gasteiger partial charge in [-0.1, -0.05) is 65.2 Å². The van der Waals surface area contributed by atoms with Gasteiger partial charge in [-0.25, -0.2) is 0 Å². The van der Waals surface area contributed by atoms with Gasteiger partial charge in [-0.2, -0.15) is 0 Å². The van der Waals surface area contributed by atoms with E-state index in [1.807, 2.05) is 0 Å². The van der Waals surface area contributed by atoms with Crippen LogP contribution in [-0.2, 0) is 9.47 Å². The zero-order valence-corrected chi connectivity index (χ0v) is 12.5. The lowest BCUT2D eigenvalue weighted by Gasteiger charge is -2.26. The normalized spacial score (nSPS) is 18.3. The predicted molar refractivity (Wildman–Crippen MR) is 76.8 cm³/mol. The summed E-state index contributed by atoms with van der Waals surface area (Å²) in [5.41, 5.74) is 0. The Morgan fingerprint density at radius 1 is 0.667 bits per heavy atom. The third-order valence-electron chi connectivity index (χ3n) is 3.86. The molecule has 0 spiro atoms. The summed E-state index contributed by atoms with van der Waals surface area (Å²) < 4.78 is 11.6. The van der Waals surface area contributed by atoms with Crippen molar-refractivity contribution in [3.8, 4) is 0 Å². The highest BCUT2D eigenvalue weighted by Gasteiger charge is 2.34. The first kappa shape index (κ1) is 16.0. The Bertz CT molecular complexity index is 186. The van der Waals surface area contributed by atoms with Crippen molar-refractivity contribution in [3.63, 3.8) is 0 Å². The fraction of sp³-hybridized carbons (Fsp3) is 1.00. The van der Waals surface area contributed by atoms with Gasteiger partial charge in [0.05, 0.1) is 13.2 Å². The Labute approximate surface area is 113 Å². The zero-order chi connectivity index (χ0) is 13.1. The fourth-order valence-electron chi connectivity index (χ4n) is 2.82. The van der Waals surface area contributed by atoms with Crippen LogP contribution in [-0.4, -0.2) is 19.0 Å². The van der Waals surface area contributed by atoms with Gasteiger partial charge in [0.1, 0.15) is 0 Å². The second-order valence-electron chi connectivity index (χ2n) is 5.58. The molecule has 108 valence electrons. The summed E-state index contributed by atoms with van der Waals surface area (Å²) in [5.74, 6) is -0.211. The lowest BCUT2D eigenvalue weighted by atomic mass is 10.0. The number of ether oxygens (including phenoxy) is 2. The molecule has 0 saturated carbocycles. The second-order valence-corrected chi connectivity index (χ2v) is 5.58. The van der Waals surface area contributed by atoms with Crippen LogP contribution in [0.5, 0.6) is 0 Å². The SMILES string of the molecule is CCCCCCCCCCC1(CCC)OCCO1. The minimum atomic E-state index is -0.211. The molecule has 1 fully saturated rings. The number of hydrogen-bond acceptors (Lipinski definition) is 2. The van der Waals surface area contributed by atoms with E-state index in [0.29, 0.717) is 0 Å². The smallest absolute Gasteiger partial charge is 0.168 e. The first-order valence-electron chi connectivity index (χ1n) is 8.11. The molecule has 0 bridgehead atoms. The average Bonchev–Trinajstić information content (AvgIpc) is 2.82. The van der Waals surface area contributed by atoms with Crippen molar-refractivity contribution < 1.29 is 9.47 Å². The van der Waals surface area contributed by atoms with Crippen molar-refractivity contribution in [2.45, 2.75) is 90.3 Å².